The van der Waals surface area contributed by atoms with Gasteiger partial charge in [-0.3, -0.25) is 0 Å². The van der Waals surface area contributed by atoms with Crippen LogP contribution in [-0.2, 0) is 9.16 Å². The minimum Gasteiger partial charge on any atom is -0.520 e. The van der Waals surface area contributed by atoms with Gasteiger partial charge in [-0.2, -0.15) is 0 Å². The number of hydrogen-bond acceptors (Lipinski definition) is 2. The van der Waals surface area contributed by atoms with E-state index in [1.165, 1.54) is 19.3 Å². The van der Waals surface area contributed by atoms with E-state index in [1.54, 1.807) is 0 Å². The van der Waals surface area contributed by atoms with E-state index < -0.39 is 16.4 Å². The number of allylic oxidation sites excluding steroid dienone is 2. The summed E-state index contributed by atoms with van der Waals surface area (Å²) in [6, 6.07) is 0. The number of rotatable bonds is 4. The van der Waals surface area contributed by atoms with E-state index in [-0.39, 0.29) is 6.10 Å². The van der Waals surface area contributed by atoms with Crippen molar-refractivity contribution in [2.45, 2.75) is 71.6 Å². The van der Waals surface area contributed by atoms with Crippen molar-refractivity contribution in [3.05, 3.63) is 24.2 Å². The highest BCUT2D eigenvalue weighted by atomic mass is 28.4. The van der Waals surface area contributed by atoms with Gasteiger partial charge < -0.3 is 9.16 Å². The van der Waals surface area contributed by atoms with Gasteiger partial charge in [0.25, 0.3) is 5.95 Å². The van der Waals surface area contributed by atoms with Gasteiger partial charge in [-0.1, -0.05) is 38.9 Å². The Morgan fingerprint density at radius 1 is 1.21 bits per heavy atom. The average Bonchev–Trinajstić information content (AvgIpc) is 2.83. The third-order valence-corrected chi connectivity index (χ3v) is 6.35. The summed E-state index contributed by atoms with van der Waals surface area (Å²) in [5.41, 5.74) is 3.40. The van der Waals surface area contributed by atoms with E-state index in [4.69, 9.17) is 9.16 Å². The van der Waals surface area contributed by atoms with Gasteiger partial charge in [0.15, 0.2) is 0 Å². The van der Waals surface area contributed by atoms with E-state index in [0.29, 0.717) is 11.8 Å². The van der Waals surface area contributed by atoms with Crippen molar-refractivity contribution in [1.29, 1.82) is 0 Å². The van der Waals surface area contributed by atoms with Crippen molar-refractivity contribution in [2.75, 3.05) is 0 Å². The molecule has 0 spiro atoms. The second-order valence-corrected chi connectivity index (χ2v) is 18.3. The summed E-state index contributed by atoms with van der Waals surface area (Å²) < 4.78 is 12.4. The first-order valence-corrected chi connectivity index (χ1v) is 16.3. The third kappa shape index (κ3) is 5.56. The van der Waals surface area contributed by atoms with E-state index in [0.717, 1.165) is 11.9 Å². The molecule has 1 heterocycles. The molecule has 2 rings (SSSR count). The minimum absolute atomic E-state index is 0.106. The maximum atomic E-state index is 6.27. The van der Waals surface area contributed by atoms with Crippen LogP contribution in [0.25, 0.3) is 0 Å². The van der Waals surface area contributed by atoms with Gasteiger partial charge in [-0.15, -0.1) is 5.54 Å². The lowest BCUT2D eigenvalue weighted by atomic mass is 9.82. The lowest BCUT2D eigenvalue weighted by molar-refractivity contribution is -0.00700. The highest BCUT2D eigenvalue weighted by Gasteiger charge is 2.43. The minimum atomic E-state index is -1.65. The molecule has 0 aromatic rings. The normalized spacial score (nSPS) is 30.2. The molecule has 4 heteroatoms. The summed E-state index contributed by atoms with van der Waals surface area (Å²) in [4.78, 5) is 0. The van der Waals surface area contributed by atoms with Gasteiger partial charge in [-0.25, -0.2) is 0 Å². The van der Waals surface area contributed by atoms with E-state index in [9.17, 15) is 0 Å². The van der Waals surface area contributed by atoms with Gasteiger partial charge in [0, 0.05) is 5.92 Å². The first-order chi connectivity index (χ1) is 11.1. The Balaban J connectivity index is 2.18. The SMILES string of the molecule is CC[C@H]1CC[C@H]2C=C(O[Si](C)(C)C)O[C@@H](/C=C/C#C[Si](C)(C)C)[C@H]12. The van der Waals surface area contributed by atoms with Crippen LogP contribution in [0.15, 0.2) is 24.2 Å². The van der Waals surface area contributed by atoms with E-state index >= 15 is 0 Å². The van der Waals surface area contributed by atoms with Gasteiger partial charge in [0.05, 0.1) is 0 Å². The zero-order valence-electron chi connectivity index (χ0n) is 16.5. The van der Waals surface area contributed by atoms with Gasteiger partial charge in [-0.05, 0) is 62.5 Å². The lowest BCUT2D eigenvalue weighted by Gasteiger charge is -2.36. The van der Waals surface area contributed by atoms with Crippen molar-refractivity contribution in [1.82, 2.24) is 0 Å². The zero-order valence-corrected chi connectivity index (χ0v) is 18.5. The molecule has 0 radical (unpaired) electrons. The number of ether oxygens (including phenoxy) is 1. The fourth-order valence-corrected chi connectivity index (χ4v) is 4.92. The monoisotopic (exact) mass is 362 g/mol. The predicted octanol–water partition coefficient (Wildman–Crippen LogP) is 5.57. The molecule has 0 bridgehead atoms. The maximum absolute atomic E-state index is 6.27. The second kappa shape index (κ2) is 7.53. The van der Waals surface area contributed by atoms with Crippen LogP contribution in [0, 0.1) is 29.2 Å². The summed E-state index contributed by atoms with van der Waals surface area (Å²) in [5, 5.41) is 0. The van der Waals surface area contributed by atoms with Crippen LogP contribution in [0.2, 0.25) is 39.3 Å². The zero-order chi connectivity index (χ0) is 18.0. The molecular formula is C20H34O2Si2. The van der Waals surface area contributed by atoms with Gasteiger partial charge in [0.1, 0.15) is 14.2 Å². The molecule has 2 aliphatic rings. The highest BCUT2D eigenvalue weighted by molar-refractivity contribution is 6.83. The van der Waals surface area contributed by atoms with Crippen LogP contribution in [0.3, 0.4) is 0 Å². The number of fused-ring (bicyclic) bond motifs is 1. The molecule has 4 atom stereocenters. The van der Waals surface area contributed by atoms with Crippen LogP contribution in [-0.4, -0.2) is 22.5 Å². The molecule has 24 heavy (non-hydrogen) atoms. The first-order valence-electron chi connectivity index (χ1n) is 9.36. The smallest absolute Gasteiger partial charge is 0.261 e. The molecule has 0 aromatic heterocycles. The predicted molar refractivity (Wildman–Crippen MR) is 108 cm³/mol. The molecule has 0 amide bonds. The molecule has 2 nitrogen and oxygen atoms in total. The Hall–Kier alpha value is -0.926. The van der Waals surface area contributed by atoms with E-state index in [1.807, 2.05) is 6.08 Å². The molecule has 1 aliphatic heterocycles. The lowest BCUT2D eigenvalue weighted by Crippen LogP contribution is -2.36. The Morgan fingerprint density at radius 2 is 1.92 bits per heavy atom. The Labute approximate surface area is 150 Å². The molecule has 0 aromatic carbocycles. The van der Waals surface area contributed by atoms with Crippen molar-refractivity contribution >= 4 is 16.4 Å². The average molecular weight is 363 g/mol. The summed E-state index contributed by atoms with van der Waals surface area (Å²) in [6.45, 7) is 15.7. The Morgan fingerprint density at radius 3 is 2.50 bits per heavy atom. The van der Waals surface area contributed by atoms with Crippen LogP contribution < -0.4 is 0 Å². The Bertz CT molecular complexity index is 555. The molecule has 0 N–H and O–H groups in total. The molecular weight excluding hydrogens is 328 g/mol. The summed E-state index contributed by atoms with van der Waals surface area (Å²) in [6.07, 6.45) is 10.4. The third-order valence-electron chi connectivity index (χ3n) is 4.64. The van der Waals surface area contributed by atoms with Crippen molar-refractivity contribution in [2.24, 2.45) is 17.8 Å². The van der Waals surface area contributed by atoms with Crippen molar-refractivity contribution in [3.63, 3.8) is 0 Å². The molecule has 0 unspecified atom stereocenters. The maximum Gasteiger partial charge on any atom is 0.261 e. The van der Waals surface area contributed by atoms with Crippen LogP contribution in [0.1, 0.15) is 26.2 Å². The fourth-order valence-electron chi connectivity index (χ4n) is 3.68. The molecule has 1 fully saturated rings. The van der Waals surface area contributed by atoms with Gasteiger partial charge in [0.2, 0.25) is 8.32 Å². The molecule has 0 saturated heterocycles. The van der Waals surface area contributed by atoms with Crippen molar-refractivity contribution < 1.29 is 9.16 Å². The molecule has 1 saturated carbocycles. The van der Waals surface area contributed by atoms with Crippen molar-refractivity contribution in [3.8, 4) is 11.5 Å². The topological polar surface area (TPSA) is 18.5 Å². The quantitative estimate of drug-likeness (QED) is 0.481. The fraction of sp³-hybridized carbons (Fsp3) is 0.700. The summed E-state index contributed by atoms with van der Waals surface area (Å²) in [5.74, 6) is 5.93. The largest absolute Gasteiger partial charge is 0.520 e. The molecule has 134 valence electrons. The number of hydrogen-bond donors (Lipinski definition) is 0. The second-order valence-electron chi connectivity index (χ2n) is 9.15. The van der Waals surface area contributed by atoms with Crippen LogP contribution in [0.4, 0.5) is 0 Å². The summed E-state index contributed by atoms with van der Waals surface area (Å²) >= 11 is 0. The first kappa shape index (κ1) is 19.4. The highest BCUT2D eigenvalue weighted by Crippen LogP contribution is 2.46. The van der Waals surface area contributed by atoms with Gasteiger partial charge >= 0.3 is 0 Å². The standard InChI is InChI=1S/C20H34O2Si2/c1-8-16-12-13-17-15-19(22-24(5,6)7)21-18(20(16)17)11-9-10-14-23(2,3)4/h9,11,15-18,20H,8,12-13H2,1-7H3/b11-9+/t16-,17-,18-,20+/m0/s1. The van der Waals surface area contributed by atoms with Crippen LogP contribution >= 0.6 is 0 Å². The summed E-state index contributed by atoms with van der Waals surface area (Å²) in [7, 11) is -2.97. The molecule has 1 aliphatic carbocycles. The van der Waals surface area contributed by atoms with E-state index in [2.05, 4.69) is 69.8 Å². The van der Waals surface area contributed by atoms with Crippen LogP contribution in [0.5, 0.6) is 0 Å². The Kier molecular flexibility index (Phi) is 6.09.